The maximum absolute atomic E-state index is 13.1. The van der Waals surface area contributed by atoms with Gasteiger partial charge in [-0.15, -0.1) is 11.3 Å². The van der Waals surface area contributed by atoms with Crippen molar-refractivity contribution in [3.05, 3.63) is 46.7 Å². The van der Waals surface area contributed by atoms with E-state index in [0.29, 0.717) is 10.5 Å². The molecule has 0 aliphatic carbocycles. The number of benzene rings is 1. The highest BCUT2D eigenvalue weighted by Gasteiger charge is 2.49. The normalized spacial score (nSPS) is 19.4. The smallest absolute Gasteiger partial charge is 0.319 e. The molecule has 1 unspecified atom stereocenters. The summed E-state index contributed by atoms with van der Waals surface area (Å²) in [6.07, 6.45) is -5.66. The second kappa shape index (κ2) is 7.43. The largest absolute Gasteiger partial charge is 0.394 e. The predicted octanol–water partition coefficient (Wildman–Crippen LogP) is 2.79. The molecule has 1 aliphatic rings. The van der Waals surface area contributed by atoms with Crippen LogP contribution in [0.15, 0.2) is 29.6 Å². The highest BCUT2D eigenvalue weighted by Crippen LogP contribution is 2.29. The molecule has 1 atom stereocenters. The highest BCUT2D eigenvalue weighted by atomic mass is 32.1. The van der Waals surface area contributed by atoms with Gasteiger partial charge in [0.15, 0.2) is 5.13 Å². The number of imide groups is 1. The van der Waals surface area contributed by atoms with E-state index in [2.05, 4.69) is 15.6 Å². The van der Waals surface area contributed by atoms with E-state index < -0.39 is 48.3 Å². The fraction of sp³-hybridized carbons (Fsp3) is 0.294. The van der Waals surface area contributed by atoms with Crippen LogP contribution < -0.4 is 10.6 Å². The van der Waals surface area contributed by atoms with Gasteiger partial charge in [0.25, 0.3) is 5.91 Å². The van der Waals surface area contributed by atoms with Gasteiger partial charge in [-0.05, 0) is 24.6 Å². The van der Waals surface area contributed by atoms with E-state index in [1.807, 2.05) is 0 Å². The lowest BCUT2D eigenvalue weighted by atomic mass is 9.92. The lowest BCUT2D eigenvalue weighted by Gasteiger charge is -2.22. The zero-order chi connectivity index (χ0) is 21.4. The topological polar surface area (TPSA) is 91.4 Å². The number of carbonyl (C=O) groups excluding carboxylic acids is 3. The van der Waals surface area contributed by atoms with E-state index >= 15 is 0 Å². The van der Waals surface area contributed by atoms with Gasteiger partial charge < -0.3 is 10.6 Å². The molecule has 2 N–H and O–H groups in total. The van der Waals surface area contributed by atoms with E-state index in [1.165, 1.54) is 19.1 Å². The molecule has 1 aromatic carbocycles. The number of hydrogen-bond acceptors (Lipinski definition) is 5. The quantitative estimate of drug-likeness (QED) is 0.564. The lowest BCUT2D eigenvalue weighted by Crippen LogP contribution is -2.42. The van der Waals surface area contributed by atoms with Gasteiger partial charge in [-0.25, -0.2) is 14.2 Å². The Balaban J connectivity index is 1.67. The van der Waals surface area contributed by atoms with Crippen molar-refractivity contribution in [2.45, 2.75) is 25.1 Å². The summed E-state index contributed by atoms with van der Waals surface area (Å²) in [6.45, 7) is 0.762. The minimum atomic E-state index is -4.43. The molecule has 12 heteroatoms. The van der Waals surface area contributed by atoms with E-state index in [-0.39, 0.29) is 10.8 Å². The van der Waals surface area contributed by atoms with Crippen molar-refractivity contribution in [2.75, 3.05) is 11.9 Å². The number of carbonyl (C=O) groups is 3. The monoisotopic (exact) mass is 430 g/mol. The Hall–Kier alpha value is -3.02. The zero-order valence-corrected chi connectivity index (χ0v) is 15.7. The first-order valence-electron chi connectivity index (χ1n) is 8.19. The van der Waals surface area contributed by atoms with Crippen molar-refractivity contribution < 1.29 is 31.9 Å². The van der Waals surface area contributed by atoms with Crippen molar-refractivity contribution in [1.29, 1.82) is 0 Å². The summed E-state index contributed by atoms with van der Waals surface area (Å²) in [5.74, 6) is -2.04. The minimum absolute atomic E-state index is 0.0809. The molecule has 1 saturated heterocycles. The number of nitrogens with one attached hydrogen (secondary N) is 2. The molecule has 154 valence electrons. The molecule has 4 amide bonds. The highest BCUT2D eigenvalue weighted by molar-refractivity contribution is 7.13. The second-order valence-corrected chi connectivity index (χ2v) is 7.30. The third-order valence-electron chi connectivity index (χ3n) is 4.18. The van der Waals surface area contributed by atoms with Gasteiger partial charge in [0.1, 0.15) is 17.9 Å². The van der Waals surface area contributed by atoms with Crippen LogP contribution in [-0.2, 0) is 21.5 Å². The van der Waals surface area contributed by atoms with Crippen molar-refractivity contribution in [3.8, 4) is 0 Å². The summed E-state index contributed by atoms with van der Waals surface area (Å²) < 4.78 is 50.2. The number of rotatable bonds is 5. The summed E-state index contributed by atoms with van der Waals surface area (Å²) in [7, 11) is 0. The van der Waals surface area contributed by atoms with Crippen molar-refractivity contribution in [1.82, 2.24) is 15.2 Å². The van der Waals surface area contributed by atoms with Crippen LogP contribution in [0, 0.1) is 5.82 Å². The van der Waals surface area contributed by atoms with E-state index in [0.717, 1.165) is 28.8 Å². The van der Waals surface area contributed by atoms with Gasteiger partial charge in [-0.3, -0.25) is 14.5 Å². The van der Waals surface area contributed by atoms with Gasteiger partial charge >= 0.3 is 12.2 Å². The Bertz CT molecular complexity index is 960. The van der Waals surface area contributed by atoms with Gasteiger partial charge in [0, 0.05) is 5.38 Å². The van der Waals surface area contributed by atoms with Crippen LogP contribution in [0.25, 0.3) is 0 Å². The number of halogens is 4. The summed E-state index contributed by atoms with van der Waals surface area (Å²) in [5, 5.41) is 5.80. The van der Waals surface area contributed by atoms with Crippen molar-refractivity contribution in [3.63, 3.8) is 0 Å². The first-order chi connectivity index (χ1) is 13.5. The molecular formula is C17H14F4N4O3S. The van der Waals surface area contributed by atoms with Gasteiger partial charge in [-0.1, -0.05) is 12.1 Å². The minimum Gasteiger partial charge on any atom is -0.319 e. The SMILES string of the molecule is CC1(c2ccc(F)cc2)NC(=O)N(CC(=O)Nc2nc(CC(F)(F)F)cs2)C1=O. The van der Waals surface area contributed by atoms with E-state index in [4.69, 9.17) is 0 Å². The maximum Gasteiger partial charge on any atom is 0.394 e. The van der Waals surface area contributed by atoms with Gasteiger partial charge in [0.2, 0.25) is 5.91 Å². The molecule has 1 aromatic heterocycles. The second-order valence-electron chi connectivity index (χ2n) is 6.44. The number of nitrogens with zero attached hydrogens (tertiary/aromatic N) is 2. The fourth-order valence-electron chi connectivity index (χ4n) is 2.77. The number of urea groups is 1. The van der Waals surface area contributed by atoms with Crippen molar-refractivity contribution in [2.24, 2.45) is 0 Å². The van der Waals surface area contributed by atoms with Gasteiger partial charge in [0.05, 0.1) is 12.1 Å². The van der Waals surface area contributed by atoms with Crippen molar-refractivity contribution >= 4 is 34.3 Å². The Labute approximate surface area is 165 Å². The molecule has 2 aromatic rings. The number of anilines is 1. The summed E-state index contributed by atoms with van der Waals surface area (Å²) >= 11 is 0.794. The molecule has 2 heterocycles. The molecule has 7 nitrogen and oxygen atoms in total. The summed E-state index contributed by atoms with van der Waals surface area (Å²) in [4.78, 5) is 41.4. The molecule has 0 bridgehead atoms. The third kappa shape index (κ3) is 4.53. The molecule has 3 rings (SSSR count). The summed E-state index contributed by atoms with van der Waals surface area (Å²) in [6, 6.07) is 4.13. The third-order valence-corrected chi connectivity index (χ3v) is 4.98. The van der Waals surface area contributed by atoms with Crippen LogP contribution in [0.2, 0.25) is 0 Å². The van der Waals surface area contributed by atoms with Crippen LogP contribution in [-0.4, -0.2) is 40.5 Å². The average molecular weight is 430 g/mol. The Morgan fingerprint density at radius 2 is 1.93 bits per heavy atom. The average Bonchev–Trinajstić information content (AvgIpc) is 3.12. The molecular weight excluding hydrogens is 416 g/mol. The first-order valence-corrected chi connectivity index (χ1v) is 9.07. The van der Waals surface area contributed by atoms with E-state index in [9.17, 15) is 31.9 Å². The first kappa shape index (κ1) is 20.7. The van der Waals surface area contributed by atoms with Crippen LogP contribution >= 0.6 is 11.3 Å². The molecule has 0 spiro atoms. The zero-order valence-electron chi connectivity index (χ0n) is 14.8. The molecule has 0 saturated carbocycles. The number of aromatic nitrogens is 1. The standard InChI is InChI=1S/C17H14F4N4O3S/c1-16(9-2-4-10(18)5-3-9)13(27)25(15(28)24-16)7-12(26)23-14-22-11(8-29-14)6-17(19,20)21/h2-5,8H,6-7H2,1H3,(H,24,28)(H,22,23,26). The maximum atomic E-state index is 13.1. The lowest BCUT2D eigenvalue weighted by molar-refractivity contribution is -0.133. The number of amides is 4. The number of alkyl halides is 3. The van der Waals surface area contributed by atoms with Crippen LogP contribution in [0.1, 0.15) is 18.2 Å². The fourth-order valence-corrected chi connectivity index (χ4v) is 3.50. The number of thiazole rings is 1. The Morgan fingerprint density at radius 1 is 1.28 bits per heavy atom. The Morgan fingerprint density at radius 3 is 2.55 bits per heavy atom. The summed E-state index contributed by atoms with van der Waals surface area (Å²) in [5.41, 5.74) is -1.40. The molecule has 0 radical (unpaired) electrons. The Kier molecular flexibility index (Phi) is 5.30. The molecule has 1 aliphatic heterocycles. The number of hydrogen-bond donors (Lipinski definition) is 2. The van der Waals surface area contributed by atoms with Crippen LogP contribution in [0.5, 0.6) is 0 Å². The molecule has 29 heavy (non-hydrogen) atoms. The predicted molar refractivity (Wildman–Crippen MR) is 94.5 cm³/mol. The van der Waals surface area contributed by atoms with Crippen LogP contribution in [0.3, 0.4) is 0 Å². The van der Waals surface area contributed by atoms with E-state index in [1.54, 1.807) is 0 Å². The molecule has 1 fully saturated rings. The van der Waals surface area contributed by atoms with Gasteiger partial charge in [-0.2, -0.15) is 13.2 Å². The van der Waals surface area contributed by atoms with Crippen LogP contribution in [0.4, 0.5) is 27.5 Å².